The number of nitrogens with one attached hydrogen (secondary N) is 3. The maximum absolute atomic E-state index is 14.6. The smallest absolute Gasteiger partial charge is 0.379 e. The van der Waals surface area contributed by atoms with Gasteiger partial charge in [0.25, 0.3) is 0 Å². The van der Waals surface area contributed by atoms with Crippen molar-refractivity contribution in [1.82, 2.24) is 24.9 Å². The van der Waals surface area contributed by atoms with Crippen molar-refractivity contribution in [2.24, 2.45) is 0 Å². The molecule has 0 radical (unpaired) electrons. The highest BCUT2D eigenvalue weighted by molar-refractivity contribution is 5.89. The summed E-state index contributed by atoms with van der Waals surface area (Å²) < 4.78 is 61.3. The Morgan fingerprint density at radius 3 is 2.37 bits per heavy atom. The summed E-state index contributed by atoms with van der Waals surface area (Å²) in [6.45, 7) is 9.12. The third-order valence-electron chi connectivity index (χ3n) is 11.1. The van der Waals surface area contributed by atoms with E-state index in [4.69, 9.17) is 25.0 Å². The summed E-state index contributed by atoms with van der Waals surface area (Å²) in [7, 11) is 3.18. The van der Waals surface area contributed by atoms with Gasteiger partial charge in [-0.05, 0) is 53.3 Å². The number of allylic oxidation sites excluding steroid dienone is 1. The Morgan fingerprint density at radius 1 is 1.02 bits per heavy atom. The van der Waals surface area contributed by atoms with Crippen LogP contribution < -0.4 is 10.2 Å². The summed E-state index contributed by atoms with van der Waals surface area (Å²) in [5.74, 6) is 0.229. The predicted molar refractivity (Wildman–Crippen MR) is 214 cm³/mol. The first-order valence-corrected chi connectivity index (χ1v) is 19.6. The van der Waals surface area contributed by atoms with E-state index in [1.165, 1.54) is 27.6 Å². The van der Waals surface area contributed by atoms with Gasteiger partial charge in [0.15, 0.2) is 0 Å². The Hall–Kier alpha value is -4.38. The summed E-state index contributed by atoms with van der Waals surface area (Å²) >= 11 is 0. The number of carbonyl (C=O) groups is 1. The second-order valence-electron chi connectivity index (χ2n) is 15.3. The van der Waals surface area contributed by atoms with Crippen LogP contribution >= 0.6 is 0 Å². The number of hydrogen-bond donors (Lipinski definition) is 3. The molecule has 6 rings (SSSR count). The quantitative estimate of drug-likeness (QED) is 0.0872. The number of alkyl halides is 3. The van der Waals surface area contributed by atoms with E-state index >= 15 is 0 Å². The number of rotatable bonds is 17. The van der Waals surface area contributed by atoms with Crippen molar-refractivity contribution in [3.8, 4) is 0 Å². The number of hydrogen-bond acceptors (Lipinski definition) is 10. The fraction of sp³-hybridized carbons (Fsp3) is 0.500. The van der Waals surface area contributed by atoms with Crippen LogP contribution in [0.4, 0.5) is 18.9 Å². The molecule has 2 aromatic rings. The van der Waals surface area contributed by atoms with Crippen molar-refractivity contribution in [3.05, 3.63) is 101 Å². The van der Waals surface area contributed by atoms with Gasteiger partial charge in [0.05, 0.1) is 56.7 Å². The molecule has 3 saturated heterocycles. The van der Waals surface area contributed by atoms with Crippen LogP contribution in [0.2, 0.25) is 0 Å². The van der Waals surface area contributed by atoms with Crippen molar-refractivity contribution < 1.29 is 32.2 Å². The number of amides is 1. The number of likely N-dealkylation sites (N-methyl/N-ethyl adjacent to an activating group) is 1. The fourth-order valence-corrected chi connectivity index (χ4v) is 7.64. The molecule has 0 spiro atoms. The average molecular weight is 793 g/mol. The third-order valence-corrected chi connectivity index (χ3v) is 11.1. The number of carbonyl (C=O) groups excluding carboxylic acids is 1. The number of piperazine rings is 1. The molecular weight excluding hydrogens is 738 g/mol. The van der Waals surface area contributed by atoms with Crippen LogP contribution in [0.25, 0.3) is 0 Å². The van der Waals surface area contributed by atoms with Gasteiger partial charge in [-0.3, -0.25) is 30.3 Å². The monoisotopic (exact) mass is 792 g/mol. The van der Waals surface area contributed by atoms with Crippen molar-refractivity contribution in [1.29, 1.82) is 10.8 Å². The Kier molecular flexibility index (Phi) is 14.4. The van der Waals surface area contributed by atoms with E-state index in [1.54, 1.807) is 38.5 Å². The zero-order valence-corrected chi connectivity index (χ0v) is 32.9. The highest BCUT2D eigenvalue weighted by atomic mass is 19.4. The molecular formula is C42H55F3N8O4. The van der Waals surface area contributed by atoms with Gasteiger partial charge >= 0.3 is 6.18 Å². The van der Waals surface area contributed by atoms with Gasteiger partial charge in [0, 0.05) is 96.4 Å². The molecule has 0 saturated carbocycles. The number of likely N-dealkylation sites (tertiary alicyclic amines) is 1. The molecule has 308 valence electrons. The maximum Gasteiger partial charge on any atom is 0.418 e. The zero-order valence-electron chi connectivity index (χ0n) is 32.9. The first kappa shape index (κ1) is 42.2. The van der Waals surface area contributed by atoms with Gasteiger partial charge in [-0.15, -0.1) is 0 Å². The van der Waals surface area contributed by atoms with Crippen LogP contribution in [-0.2, 0) is 37.6 Å². The lowest BCUT2D eigenvalue weighted by Gasteiger charge is -2.43. The number of benzene rings is 2. The molecule has 4 aliphatic heterocycles. The van der Waals surface area contributed by atoms with E-state index in [-0.39, 0.29) is 17.6 Å². The molecule has 15 heteroatoms. The second kappa shape index (κ2) is 19.4. The summed E-state index contributed by atoms with van der Waals surface area (Å²) in [4.78, 5) is 21.0. The lowest BCUT2D eigenvalue weighted by atomic mass is 9.75. The minimum absolute atomic E-state index is 0.0720. The zero-order chi connectivity index (χ0) is 40.4. The fourth-order valence-electron chi connectivity index (χ4n) is 7.64. The molecule has 0 atom stereocenters. The van der Waals surface area contributed by atoms with E-state index in [9.17, 15) is 18.0 Å². The molecule has 3 N–H and O–H groups in total. The van der Waals surface area contributed by atoms with Gasteiger partial charge in [0.2, 0.25) is 6.41 Å². The van der Waals surface area contributed by atoms with Gasteiger partial charge in [0.1, 0.15) is 5.84 Å². The van der Waals surface area contributed by atoms with E-state index in [1.807, 2.05) is 6.07 Å². The van der Waals surface area contributed by atoms with Gasteiger partial charge in [-0.2, -0.15) is 13.2 Å². The van der Waals surface area contributed by atoms with Crippen molar-refractivity contribution >= 4 is 24.3 Å². The van der Waals surface area contributed by atoms with E-state index in [0.29, 0.717) is 76.8 Å². The summed E-state index contributed by atoms with van der Waals surface area (Å²) in [5, 5.41) is 19.2. The molecule has 4 heterocycles. The van der Waals surface area contributed by atoms with Gasteiger partial charge in [-0.25, -0.2) is 0 Å². The molecule has 12 nitrogen and oxygen atoms in total. The molecule has 3 fully saturated rings. The minimum Gasteiger partial charge on any atom is -0.379 e. The SMILES string of the molecule is CN(C=N)C(=N)CC1(c2cccc(N(C=O)/C=C3/C(C(F)(F)F)=CC(CN4CCC(OCCOCc5ccc(CN6CCNCC6)cc5)CC4)=CN3C)c2)COC1. The van der Waals surface area contributed by atoms with Crippen LogP contribution in [0.3, 0.4) is 0 Å². The third kappa shape index (κ3) is 11.2. The number of halogens is 3. The Labute approximate surface area is 333 Å². The first-order valence-electron chi connectivity index (χ1n) is 19.6. The number of piperidine rings is 1. The van der Waals surface area contributed by atoms with E-state index in [2.05, 4.69) is 39.4 Å². The molecule has 0 unspecified atom stereocenters. The Morgan fingerprint density at radius 2 is 1.72 bits per heavy atom. The summed E-state index contributed by atoms with van der Waals surface area (Å²) in [6, 6.07) is 15.6. The number of amidine groups is 1. The van der Waals surface area contributed by atoms with Crippen LogP contribution in [0.15, 0.2) is 83.9 Å². The van der Waals surface area contributed by atoms with Crippen molar-refractivity contribution in [2.75, 3.05) is 91.2 Å². The number of ether oxygens (including phenoxy) is 3. The molecule has 1 amide bonds. The van der Waals surface area contributed by atoms with Gasteiger partial charge in [-0.1, -0.05) is 36.4 Å². The summed E-state index contributed by atoms with van der Waals surface area (Å²) in [6.07, 6.45) is 2.90. The highest BCUT2D eigenvalue weighted by Crippen LogP contribution is 2.40. The van der Waals surface area contributed by atoms with Crippen LogP contribution in [0.5, 0.6) is 0 Å². The first-order chi connectivity index (χ1) is 27.5. The lowest BCUT2D eigenvalue weighted by Crippen LogP contribution is -2.49. The van der Waals surface area contributed by atoms with Crippen LogP contribution in [0, 0.1) is 10.8 Å². The molecule has 0 aliphatic carbocycles. The molecule has 0 aromatic heterocycles. The normalized spacial score (nSPS) is 20.1. The lowest BCUT2D eigenvalue weighted by molar-refractivity contribution is -0.107. The molecule has 0 bridgehead atoms. The highest BCUT2D eigenvalue weighted by Gasteiger charge is 2.42. The number of anilines is 1. The van der Waals surface area contributed by atoms with Crippen LogP contribution in [0.1, 0.15) is 36.0 Å². The average Bonchev–Trinajstić information content (AvgIpc) is 3.19. The Balaban J connectivity index is 0.988. The Bertz CT molecular complexity index is 1780. The molecule has 4 aliphatic rings. The van der Waals surface area contributed by atoms with Crippen molar-refractivity contribution in [2.45, 2.75) is 50.1 Å². The van der Waals surface area contributed by atoms with Gasteiger partial charge < -0.3 is 29.3 Å². The standard InChI is InChI=1S/C42H55F3N8O4/c1-49-23-34(25-51-14-10-37(11-15-51)57-19-18-55-27-33-8-6-32(7-9-33)24-52-16-12-48-13-17-52)20-38(42(43,44)45)39(49)26-53(31-54)36-5-3-4-35(21-36)41(28-56-29-41)22-40(47)50(2)30-46/h3-9,20-21,23,26,30-31,37,46-48H,10-19,22,24-25,27-29H2,1-2H3/b39-26-,46-30?,47-40?. The molecule has 2 aromatic carbocycles. The van der Waals surface area contributed by atoms with E-state index in [0.717, 1.165) is 67.9 Å². The van der Waals surface area contributed by atoms with E-state index < -0.39 is 17.2 Å². The number of nitrogens with zero attached hydrogens (tertiary/aromatic N) is 5. The second-order valence-corrected chi connectivity index (χ2v) is 15.3. The largest absolute Gasteiger partial charge is 0.418 e. The van der Waals surface area contributed by atoms with Crippen molar-refractivity contribution in [3.63, 3.8) is 0 Å². The minimum atomic E-state index is -4.66. The summed E-state index contributed by atoms with van der Waals surface area (Å²) in [5.41, 5.74) is 2.61. The van der Waals surface area contributed by atoms with Crippen LogP contribution in [-0.4, -0.2) is 137 Å². The molecule has 57 heavy (non-hydrogen) atoms. The predicted octanol–water partition coefficient (Wildman–Crippen LogP) is 5.09. The topological polar surface area (TPSA) is 121 Å². The maximum atomic E-state index is 14.6.